The van der Waals surface area contributed by atoms with Crippen molar-refractivity contribution in [2.24, 2.45) is 5.92 Å². The summed E-state index contributed by atoms with van der Waals surface area (Å²) in [7, 11) is 0. The standard InChI is InChI=1S/C31H31F2N5O3/c32-23-9-3-7-18-6-1-2-8-21(24(18)23)26-25(33)27-22(16-34-26)28(35-20-14-19(15-20)29(39)40)37-30(36-27)41-17-31-10-4-12-38(31)13-5-11-31/h2-3,6-9,16,19-20H,1,4-5,10-15,17H2,(H,39,40)(H,35,36,37). The van der Waals surface area contributed by atoms with E-state index in [1.165, 1.54) is 12.3 Å². The number of anilines is 1. The van der Waals surface area contributed by atoms with Gasteiger partial charge in [-0.05, 0) is 69.3 Å². The molecule has 4 aliphatic rings. The minimum atomic E-state index is -0.827. The molecule has 2 N–H and O–H groups in total. The predicted molar refractivity (Wildman–Crippen MR) is 150 cm³/mol. The van der Waals surface area contributed by atoms with Crippen molar-refractivity contribution in [3.05, 3.63) is 64.3 Å². The van der Waals surface area contributed by atoms with Gasteiger partial charge in [0.2, 0.25) is 0 Å². The van der Waals surface area contributed by atoms with Crippen LogP contribution in [0.3, 0.4) is 0 Å². The maximum atomic E-state index is 16.4. The largest absolute Gasteiger partial charge is 0.481 e. The Morgan fingerprint density at radius 2 is 1.98 bits per heavy atom. The summed E-state index contributed by atoms with van der Waals surface area (Å²) in [5.41, 5.74) is 0.319. The van der Waals surface area contributed by atoms with Gasteiger partial charge in [0.05, 0.1) is 16.8 Å². The minimum Gasteiger partial charge on any atom is -0.481 e. The first-order valence-corrected chi connectivity index (χ1v) is 14.3. The number of aromatic nitrogens is 3. The van der Waals surface area contributed by atoms with Crippen LogP contribution < -0.4 is 20.5 Å². The molecule has 3 fully saturated rings. The zero-order chi connectivity index (χ0) is 28.1. The van der Waals surface area contributed by atoms with Gasteiger partial charge in [0, 0.05) is 23.0 Å². The number of carboxylic acid groups (broad SMARTS) is 1. The van der Waals surface area contributed by atoms with E-state index in [1.54, 1.807) is 18.2 Å². The third kappa shape index (κ3) is 4.54. The lowest BCUT2D eigenvalue weighted by atomic mass is 9.80. The van der Waals surface area contributed by atoms with Crippen LogP contribution in [0.25, 0.3) is 22.6 Å². The molecular weight excluding hydrogens is 528 g/mol. The number of fused-ring (bicyclic) bond motifs is 3. The van der Waals surface area contributed by atoms with Crippen LogP contribution in [0.1, 0.15) is 50.6 Å². The van der Waals surface area contributed by atoms with Gasteiger partial charge in [0.15, 0.2) is 5.82 Å². The van der Waals surface area contributed by atoms with E-state index in [4.69, 9.17) is 4.74 Å². The lowest BCUT2D eigenvalue weighted by molar-refractivity contribution is -0.144. The molecule has 7 rings (SSSR count). The van der Waals surface area contributed by atoms with Gasteiger partial charge in [-0.15, -0.1) is 0 Å². The van der Waals surface area contributed by atoms with Gasteiger partial charge in [0.25, 0.3) is 0 Å². The van der Waals surface area contributed by atoms with Gasteiger partial charge >= 0.3 is 12.0 Å². The molecule has 8 nitrogen and oxygen atoms in total. The number of carboxylic acids is 1. The van der Waals surface area contributed by atoms with E-state index >= 15 is 8.78 Å². The van der Waals surface area contributed by atoms with Gasteiger partial charge in [-0.1, -0.05) is 30.4 Å². The van der Waals surface area contributed by atoms with Crippen LogP contribution in [-0.4, -0.2) is 62.2 Å². The average molecular weight is 560 g/mol. The maximum Gasteiger partial charge on any atom is 0.319 e. The van der Waals surface area contributed by atoms with E-state index in [-0.39, 0.29) is 28.8 Å². The number of carbonyl (C=O) groups is 1. The number of aliphatic carboxylic acids is 1. The maximum absolute atomic E-state index is 16.4. The summed E-state index contributed by atoms with van der Waals surface area (Å²) in [6.45, 7) is 2.51. The number of rotatable bonds is 7. The summed E-state index contributed by atoms with van der Waals surface area (Å²) in [5, 5.41) is 13.9. The highest BCUT2D eigenvalue weighted by molar-refractivity contribution is 5.92. The molecule has 1 saturated carbocycles. The first-order chi connectivity index (χ1) is 19.9. The lowest BCUT2D eigenvalue weighted by Gasteiger charge is -2.33. The molecule has 0 unspecified atom stereocenters. The number of ether oxygens (including phenoxy) is 1. The van der Waals surface area contributed by atoms with Crippen LogP contribution in [-0.2, 0) is 4.79 Å². The normalized spacial score (nSPS) is 22.9. The Kier molecular flexibility index (Phi) is 6.45. The van der Waals surface area contributed by atoms with E-state index in [9.17, 15) is 9.90 Å². The van der Waals surface area contributed by atoms with Gasteiger partial charge in [-0.25, -0.2) is 8.78 Å². The van der Waals surface area contributed by atoms with Gasteiger partial charge in [-0.3, -0.25) is 14.7 Å². The van der Waals surface area contributed by atoms with Gasteiger partial charge < -0.3 is 15.2 Å². The summed E-state index contributed by atoms with van der Waals surface area (Å²) in [6, 6.07) is 4.73. The summed E-state index contributed by atoms with van der Waals surface area (Å²) in [6.07, 6.45) is 12.7. The molecule has 0 atom stereocenters. The second-order valence-corrected chi connectivity index (χ2v) is 11.6. The fourth-order valence-electron chi connectivity index (χ4n) is 6.85. The summed E-state index contributed by atoms with van der Waals surface area (Å²) in [5.74, 6) is -2.03. The van der Waals surface area contributed by atoms with E-state index < -0.39 is 23.5 Å². The number of nitrogens with one attached hydrogen (secondary N) is 1. The quantitative estimate of drug-likeness (QED) is 0.454. The zero-order valence-electron chi connectivity index (χ0n) is 22.6. The number of benzene rings is 1. The minimum absolute atomic E-state index is 0.00283. The summed E-state index contributed by atoms with van der Waals surface area (Å²) >= 11 is 0. The van der Waals surface area contributed by atoms with Crippen molar-refractivity contribution in [2.75, 3.05) is 25.0 Å². The van der Waals surface area contributed by atoms with Crippen LogP contribution in [0.15, 0.2) is 36.5 Å². The first-order valence-electron chi connectivity index (χ1n) is 14.3. The third-order valence-electron chi connectivity index (χ3n) is 9.10. The first kappa shape index (κ1) is 26.0. The molecule has 0 radical (unpaired) electrons. The van der Waals surface area contributed by atoms with Gasteiger partial charge in [-0.2, -0.15) is 9.97 Å². The highest BCUT2D eigenvalue weighted by Crippen LogP contribution is 2.39. The number of nitrogens with zero attached hydrogens (tertiary/aromatic N) is 4. The Morgan fingerprint density at radius 3 is 2.76 bits per heavy atom. The van der Waals surface area contributed by atoms with Crippen LogP contribution in [0.5, 0.6) is 6.01 Å². The van der Waals surface area contributed by atoms with Crippen LogP contribution in [0.2, 0.25) is 0 Å². The fourth-order valence-corrected chi connectivity index (χ4v) is 6.85. The Morgan fingerprint density at radius 1 is 1.17 bits per heavy atom. The average Bonchev–Trinajstić information content (AvgIpc) is 3.43. The van der Waals surface area contributed by atoms with E-state index in [1.807, 2.05) is 12.2 Å². The molecule has 0 spiro atoms. The topological polar surface area (TPSA) is 100 Å². The number of pyridine rings is 1. The third-order valence-corrected chi connectivity index (χ3v) is 9.10. The van der Waals surface area contributed by atoms with Crippen molar-refractivity contribution in [2.45, 2.75) is 56.5 Å². The molecule has 2 aromatic heterocycles. The fraction of sp³-hybridized carbons (Fsp3) is 0.419. The number of allylic oxidation sites excluding steroid dienone is 2. The van der Waals surface area contributed by atoms with Gasteiger partial charge in [0.1, 0.15) is 29.5 Å². The van der Waals surface area contributed by atoms with Crippen molar-refractivity contribution in [1.82, 2.24) is 19.9 Å². The van der Waals surface area contributed by atoms with Crippen molar-refractivity contribution in [1.29, 1.82) is 0 Å². The molecule has 0 amide bonds. The summed E-state index contributed by atoms with van der Waals surface area (Å²) < 4.78 is 37.7. The monoisotopic (exact) mass is 559 g/mol. The Bertz CT molecular complexity index is 1690. The number of hydrogen-bond acceptors (Lipinski definition) is 7. The molecule has 2 aliphatic carbocycles. The molecular formula is C31H31F2N5O3. The Hall–Kier alpha value is -3.92. The lowest BCUT2D eigenvalue weighted by Crippen LogP contribution is -2.43. The number of halogens is 2. The van der Waals surface area contributed by atoms with E-state index in [0.717, 1.165) is 38.8 Å². The molecule has 0 bridgehead atoms. The van der Waals surface area contributed by atoms with E-state index in [2.05, 4.69) is 25.2 Å². The summed E-state index contributed by atoms with van der Waals surface area (Å²) in [4.78, 5) is 27.4. The second-order valence-electron chi connectivity index (χ2n) is 11.6. The predicted octanol–water partition coefficient (Wildman–Crippen LogP) is 3.52. The van der Waals surface area contributed by atoms with E-state index in [0.29, 0.717) is 53.1 Å². The Labute approximate surface area is 235 Å². The Balaban J connectivity index is 1.32. The molecule has 41 heavy (non-hydrogen) atoms. The van der Waals surface area contributed by atoms with Crippen molar-refractivity contribution in [3.8, 4) is 6.01 Å². The highest BCUT2D eigenvalue weighted by Gasteiger charge is 2.45. The van der Waals surface area contributed by atoms with Crippen LogP contribution in [0, 0.1) is 17.6 Å². The molecule has 2 aliphatic heterocycles. The van der Waals surface area contributed by atoms with Crippen molar-refractivity contribution >= 4 is 34.3 Å². The number of hydrogen-bond donors (Lipinski definition) is 2. The molecule has 2 saturated heterocycles. The molecule has 1 aromatic carbocycles. The SMILES string of the molecule is O=C(O)C1CC(Nc2nc(OCC34CCCN3CCC4)nc3c(F)c(C4=c5c(F)cccc5=CCC=C4)ncc23)C1. The van der Waals surface area contributed by atoms with Crippen LogP contribution in [0.4, 0.5) is 14.6 Å². The molecule has 4 heterocycles. The second kappa shape index (κ2) is 10.2. The smallest absolute Gasteiger partial charge is 0.319 e. The van der Waals surface area contributed by atoms with Crippen molar-refractivity contribution < 1.29 is 23.4 Å². The molecule has 3 aromatic rings. The molecule has 10 heteroatoms. The molecule has 212 valence electrons. The van der Waals surface area contributed by atoms with Crippen molar-refractivity contribution in [3.63, 3.8) is 0 Å². The van der Waals surface area contributed by atoms with Crippen LogP contribution >= 0.6 is 0 Å². The highest BCUT2D eigenvalue weighted by atomic mass is 19.1. The zero-order valence-corrected chi connectivity index (χ0v) is 22.6.